The second-order valence-corrected chi connectivity index (χ2v) is 3.93. The minimum atomic E-state index is 0.733. The quantitative estimate of drug-likeness (QED) is 0.835. The summed E-state index contributed by atoms with van der Waals surface area (Å²) in [5.74, 6) is 1.63. The number of hydrogen-bond donors (Lipinski definition) is 1. The predicted molar refractivity (Wildman–Crippen MR) is 73.7 cm³/mol. The van der Waals surface area contributed by atoms with E-state index in [1.165, 1.54) is 0 Å². The van der Waals surface area contributed by atoms with Crippen molar-refractivity contribution in [2.45, 2.75) is 0 Å². The Labute approximate surface area is 106 Å². The van der Waals surface area contributed by atoms with E-state index in [-0.39, 0.29) is 0 Å². The summed E-state index contributed by atoms with van der Waals surface area (Å²) >= 11 is 5.14. The maximum atomic E-state index is 5.68. The van der Waals surface area contributed by atoms with Crippen LogP contribution in [-0.4, -0.2) is 12.0 Å². The number of rotatable bonds is 3. The fourth-order valence-corrected chi connectivity index (χ4v) is 1.58. The SMILES string of the molecule is CNC(=S)c1ccc(Oc2ccccc2)cc1. The van der Waals surface area contributed by atoms with E-state index in [1.54, 1.807) is 0 Å². The van der Waals surface area contributed by atoms with Crippen molar-refractivity contribution in [2.75, 3.05) is 7.05 Å². The summed E-state index contributed by atoms with van der Waals surface area (Å²) in [5.41, 5.74) is 0.989. The zero-order valence-electron chi connectivity index (χ0n) is 9.51. The molecule has 17 heavy (non-hydrogen) atoms. The van der Waals surface area contributed by atoms with E-state index in [0.29, 0.717) is 0 Å². The van der Waals surface area contributed by atoms with Crippen LogP contribution in [0.3, 0.4) is 0 Å². The number of thiocarbonyl (C=S) groups is 1. The van der Waals surface area contributed by atoms with Crippen LogP contribution in [0.1, 0.15) is 5.56 Å². The Balaban J connectivity index is 2.11. The number of hydrogen-bond acceptors (Lipinski definition) is 2. The van der Waals surface area contributed by atoms with Crippen LogP contribution in [0.2, 0.25) is 0 Å². The molecule has 86 valence electrons. The van der Waals surface area contributed by atoms with Gasteiger partial charge < -0.3 is 10.1 Å². The number of benzene rings is 2. The maximum absolute atomic E-state index is 5.68. The van der Waals surface area contributed by atoms with Gasteiger partial charge in [0.2, 0.25) is 0 Å². The Kier molecular flexibility index (Phi) is 3.73. The van der Waals surface area contributed by atoms with Crippen LogP contribution in [0.15, 0.2) is 54.6 Å². The molecule has 3 heteroatoms. The smallest absolute Gasteiger partial charge is 0.127 e. The summed E-state index contributed by atoms with van der Waals surface area (Å²) < 4.78 is 5.68. The third kappa shape index (κ3) is 3.04. The van der Waals surface area contributed by atoms with Crippen molar-refractivity contribution in [2.24, 2.45) is 0 Å². The molecule has 2 rings (SSSR count). The molecule has 0 saturated carbocycles. The van der Waals surface area contributed by atoms with E-state index < -0.39 is 0 Å². The second kappa shape index (κ2) is 5.46. The first kappa shape index (κ1) is 11.6. The van der Waals surface area contributed by atoms with Gasteiger partial charge in [0.05, 0.1) is 0 Å². The van der Waals surface area contributed by atoms with Crippen LogP contribution in [0.4, 0.5) is 0 Å². The first-order chi connectivity index (χ1) is 8.29. The van der Waals surface area contributed by atoms with Gasteiger partial charge in [-0.3, -0.25) is 0 Å². The molecule has 0 amide bonds. The molecule has 0 heterocycles. The standard InChI is InChI=1S/C14H13NOS/c1-15-14(17)11-7-9-13(10-8-11)16-12-5-3-2-4-6-12/h2-10H,1H3,(H,15,17). The summed E-state index contributed by atoms with van der Waals surface area (Å²) in [6.07, 6.45) is 0. The monoisotopic (exact) mass is 243 g/mol. The zero-order valence-corrected chi connectivity index (χ0v) is 10.3. The summed E-state index contributed by atoms with van der Waals surface area (Å²) in [4.78, 5) is 0.733. The summed E-state index contributed by atoms with van der Waals surface area (Å²) in [5, 5.41) is 2.94. The van der Waals surface area contributed by atoms with Crippen LogP contribution in [0, 0.1) is 0 Å². The normalized spacial score (nSPS) is 9.71. The molecule has 0 radical (unpaired) electrons. The van der Waals surface area contributed by atoms with E-state index in [1.807, 2.05) is 61.6 Å². The molecule has 0 saturated heterocycles. The topological polar surface area (TPSA) is 21.3 Å². The lowest BCUT2D eigenvalue weighted by atomic mass is 10.2. The van der Waals surface area contributed by atoms with Gasteiger partial charge in [-0.2, -0.15) is 0 Å². The fraction of sp³-hybridized carbons (Fsp3) is 0.0714. The first-order valence-electron chi connectivity index (χ1n) is 5.34. The molecular weight excluding hydrogens is 230 g/mol. The van der Waals surface area contributed by atoms with Crippen molar-refractivity contribution in [3.63, 3.8) is 0 Å². The maximum Gasteiger partial charge on any atom is 0.127 e. The van der Waals surface area contributed by atoms with Crippen LogP contribution in [0.25, 0.3) is 0 Å². The first-order valence-corrected chi connectivity index (χ1v) is 5.75. The Morgan fingerprint density at radius 2 is 1.53 bits per heavy atom. The second-order valence-electron chi connectivity index (χ2n) is 3.52. The van der Waals surface area contributed by atoms with E-state index in [2.05, 4.69) is 5.32 Å². The molecule has 0 aromatic heterocycles. The van der Waals surface area contributed by atoms with E-state index in [0.717, 1.165) is 22.1 Å². The van der Waals surface area contributed by atoms with Gasteiger partial charge >= 0.3 is 0 Å². The van der Waals surface area contributed by atoms with Crippen LogP contribution >= 0.6 is 12.2 Å². The molecule has 0 aliphatic heterocycles. The lowest BCUT2D eigenvalue weighted by molar-refractivity contribution is 0.482. The van der Waals surface area contributed by atoms with Gasteiger partial charge in [-0.05, 0) is 36.4 Å². The van der Waals surface area contributed by atoms with Gasteiger partial charge in [-0.1, -0.05) is 30.4 Å². The summed E-state index contributed by atoms with van der Waals surface area (Å²) in [6.45, 7) is 0. The molecule has 1 N–H and O–H groups in total. The number of ether oxygens (including phenoxy) is 1. The van der Waals surface area contributed by atoms with Crippen molar-refractivity contribution < 1.29 is 4.74 Å². The number of nitrogens with one attached hydrogen (secondary N) is 1. The van der Waals surface area contributed by atoms with Gasteiger partial charge in [0, 0.05) is 12.6 Å². The van der Waals surface area contributed by atoms with E-state index >= 15 is 0 Å². The Bertz CT molecular complexity index is 493. The molecule has 0 unspecified atom stereocenters. The van der Waals surface area contributed by atoms with Crippen LogP contribution in [0.5, 0.6) is 11.5 Å². The van der Waals surface area contributed by atoms with E-state index in [9.17, 15) is 0 Å². The highest BCUT2D eigenvalue weighted by molar-refractivity contribution is 7.80. The highest BCUT2D eigenvalue weighted by atomic mass is 32.1. The van der Waals surface area contributed by atoms with Crippen molar-refractivity contribution >= 4 is 17.2 Å². The van der Waals surface area contributed by atoms with Gasteiger partial charge in [0.25, 0.3) is 0 Å². The lowest BCUT2D eigenvalue weighted by Crippen LogP contribution is -2.16. The van der Waals surface area contributed by atoms with Crippen molar-refractivity contribution in [1.82, 2.24) is 5.32 Å². The highest BCUT2D eigenvalue weighted by Gasteiger charge is 2.00. The van der Waals surface area contributed by atoms with Gasteiger partial charge in [0.15, 0.2) is 0 Å². The molecule has 0 atom stereocenters. The molecule has 0 spiro atoms. The highest BCUT2D eigenvalue weighted by Crippen LogP contribution is 2.21. The third-order valence-electron chi connectivity index (χ3n) is 2.32. The Hall–Kier alpha value is -1.87. The average molecular weight is 243 g/mol. The molecule has 2 aromatic rings. The molecular formula is C14H13NOS. The number of para-hydroxylation sites is 1. The van der Waals surface area contributed by atoms with Crippen LogP contribution in [-0.2, 0) is 0 Å². The Morgan fingerprint density at radius 1 is 0.941 bits per heavy atom. The lowest BCUT2D eigenvalue weighted by Gasteiger charge is -2.07. The Morgan fingerprint density at radius 3 is 2.12 bits per heavy atom. The molecule has 2 aromatic carbocycles. The summed E-state index contributed by atoms with van der Waals surface area (Å²) in [6, 6.07) is 17.4. The summed E-state index contributed by atoms with van der Waals surface area (Å²) in [7, 11) is 1.82. The largest absolute Gasteiger partial charge is 0.457 e. The molecule has 0 aliphatic carbocycles. The molecule has 0 aliphatic rings. The zero-order chi connectivity index (χ0) is 12.1. The van der Waals surface area contributed by atoms with Crippen molar-refractivity contribution in [1.29, 1.82) is 0 Å². The average Bonchev–Trinajstić information content (AvgIpc) is 2.40. The minimum Gasteiger partial charge on any atom is -0.457 e. The van der Waals surface area contributed by atoms with Crippen LogP contribution < -0.4 is 10.1 Å². The predicted octanol–water partition coefficient (Wildman–Crippen LogP) is 3.37. The molecule has 2 nitrogen and oxygen atoms in total. The third-order valence-corrected chi connectivity index (χ3v) is 2.76. The van der Waals surface area contributed by atoms with Crippen molar-refractivity contribution in [3.8, 4) is 11.5 Å². The minimum absolute atomic E-state index is 0.733. The van der Waals surface area contributed by atoms with Gasteiger partial charge in [-0.15, -0.1) is 0 Å². The van der Waals surface area contributed by atoms with Crippen molar-refractivity contribution in [3.05, 3.63) is 60.2 Å². The van der Waals surface area contributed by atoms with Gasteiger partial charge in [0.1, 0.15) is 16.5 Å². The fourth-order valence-electron chi connectivity index (χ4n) is 1.44. The molecule has 0 fully saturated rings. The molecule has 0 bridgehead atoms. The van der Waals surface area contributed by atoms with Gasteiger partial charge in [-0.25, -0.2) is 0 Å². The van der Waals surface area contributed by atoms with E-state index in [4.69, 9.17) is 17.0 Å².